The van der Waals surface area contributed by atoms with Gasteiger partial charge in [-0.2, -0.15) is 0 Å². The molecule has 3 nitrogen and oxygen atoms in total. The van der Waals surface area contributed by atoms with E-state index in [1.807, 2.05) is 0 Å². The Morgan fingerprint density at radius 2 is 1.90 bits per heavy atom. The Kier molecular flexibility index (Phi) is 5.14. The molecule has 20 heavy (non-hydrogen) atoms. The van der Waals surface area contributed by atoms with Crippen LogP contribution in [0.5, 0.6) is 0 Å². The van der Waals surface area contributed by atoms with Gasteiger partial charge in [0.1, 0.15) is 0 Å². The van der Waals surface area contributed by atoms with E-state index >= 15 is 0 Å². The minimum atomic E-state index is -0.931. The van der Waals surface area contributed by atoms with Crippen molar-refractivity contribution >= 4 is 15.9 Å². The van der Waals surface area contributed by atoms with Crippen LogP contribution in [-0.4, -0.2) is 16.5 Å². The van der Waals surface area contributed by atoms with Crippen molar-refractivity contribution in [3.05, 3.63) is 46.2 Å². The van der Waals surface area contributed by atoms with Crippen molar-refractivity contribution in [3.8, 4) is 11.4 Å². The number of hydrogen-bond donors (Lipinski definition) is 1. The van der Waals surface area contributed by atoms with E-state index < -0.39 is 11.6 Å². The van der Waals surface area contributed by atoms with Crippen LogP contribution in [0.3, 0.4) is 0 Å². The molecule has 1 aromatic heterocycles. The monoisotopic (exact) mass is 341 g/mol. The Morgan fingerprint density at radius 1 is 1.20 bits per heavy atom. The van der Waals surface area contributed by atoms with Gasteiger partial charge in [0, 0.05) is 30.1 Å². The van der Waals surface area contributed by atoms with Crippen molar-refractivity contribution in [2.75, 3.05) is 6.54 Å². The lowest BCUT2D eigenvalue weighted by Crippen LogP contribution is -2.14. The number of halogens is 3. The molecule has 0 fully saturated rings. The highest BCUT2D eigenvalue weighted by atomic mass is 79.9. The fourth-order valence-corrected chi connectivity index (χ4v) is 2.19. The molecule has 0 aliphatic carbocycles. The van der Waals surface area contributed by atoms with Crippen LogP contribution in [0.15, 0.2) is 29.0 Å². The molecular weight excluding hydrogens is 328 g/mol. The molecule has 0 spiro atoms. The summed E-state index contributed by atoms with van der Waals surface area (Å²) in [4.78, 5) is 8.38. The Balaban J connectivity index is 2.20. The first-order chi connectivity index (χ1) is 9.63. The lowest BCUT2D eigenvalue weighted by Gasteiger charge is -2.06. The zero-order valence-corrected chi connectivity index (χ0v) is 12.5. The average Bonchev–Trinajstić information content (AvgIpc) is 2.46. The number of nitrogens with one attached hydrogen (secondary N) is 1. The summed E-state index contributed by atoms with van der Waals surface area (Å²) in [5.74, 6) is -1.48. The second kappa shape index (κ2) is 6.85. The maximum absolute atomic E-state index is 13.5. The highest BCUT2D eigenvalue weighted by Crippen LogP contribution is 2.29. The van der Waals surface area contributed by atoms with Crippen LogP contribution in [0, 0.1) is 11.6 Å². The lowest BCUT2D eigenvalue weighted by atomic mass is 10.2. The maximum atomic E-state index is 13.5. The molecule has 2 aromatic rings. The Labute approximate surface area is 124 Å². The molecule has 2 rings (SSSR count). The zero-order valence-electron chi connectivity index (χ0n) is 11.0. The second-order valence-electron chi connectivity index (χ2n) is 4.31. The Bertz CT molecular complexity index is 588. The van der Waals surface area contributed by atoms with Gasteiger partial charge in [-0.3, -0.25) is 0 Å². The van der Waals surface area contributed by atoms with Gasteiger partial charge in [-0.05, 0) is 41.0 Å². The molecule has 6 heteroatoms. The maximum Gasteiger partial charge on any atom is 0.173 e. The van der Waals surface area contributed by atoms with Crippen molar-refractivity contribution in [3.63, 3.8) is 0 Å². The third-order valence-electron chi connectivity index (χ3n) is 2.74. The normalized spacial score (nSPS) is 10.8. The van der Waals surface area contributed by atoms with E-state index in [2.05, 4.69) is 38.1 Å². The van der Waals surface area contributed by atoms with Crippen molar-refractivity contribution in [2.24, 2.45) is 0 Å². The Hall–Kier alpha value is -1.40. The first-order valence-corrected chi connectivity index (χ1v) is 7.08. The van der Waals surface area contributed by atoms with Gasteiger partial charge in [0.25, 0.3) is 0 Å². The summed E-state index contributed by atoms with van der Waals surface area (Å²) in [7, 11) is 0. The first kappa shape index (κ1) is 15.0. The van der Waals surface area contributed by atoms with Gasteiger partial charge in [0.2, 0.25) is 0 Å². The van der Waals surface area contributed by atoms with Crippen LogP contribution in [0.25, 0.3) is 11.4 Å². The minimum absolute atomic E-state index is 0.0364. The highest BCUT2D eigenvalue weighted by molar-refractivity contribution is 9.10. The van der Waals surface area contributed by atoms with E-state index in [1.54, 1.807) is 12.4 Å². The van der Waals surface area contributed by atoms with Gasteiger partial charge >= 0.3 is 0 Å². The fourth-order valence-electron chi connectivity index (χ4n) is 1.69. The zero-order chi connectivity index (χ0) is 14.5. The summed E-state index contributed by atoms with van der Waals surface area (Å²) in [6, 6.07) is 2.52. The largest absolute Gasteiger partial charge is 0.313 e. The summed E-state index contributed by atoms with van der Waals surface area (Å²) in [5, 5.41) is 3.24. The number of nitrogens with zero attached hydrogens (tertiary/aromatic N) is 2. The van der Waals surface area contributed by atoms with Crippen LogP contribution < -0.4 is 5.32 Å². The molecule has 0 unspecified atom stereocenters. The summed E-state index contributed by atoms with van der Waals surface area (Å²) in [5.41, 5.74) is 1.37. The number of rotatable bonds is 5. The molecular formula is C14H14BrF2N3. The van der Waals surface area contributed by atoms with Crippen molar-refractivity contribution in [2.45, 2.75) is 19.9 Å². The van der Waals surface area contributed by atoms with E-state index in [0.717, 1.165) is 24.6 Å². The molecule has 0 saturated carbocycles. The highest BCUT2D eigenvalue weighted by Gasteiger charge is 2.14. The van der Waals surface area contributed by atoms with Gasteiger partial charge in [0.05, 0.1) is 4.47 Å². The van der Waals surface area contributed by atoms with E-state index in [1.165, 1.54) is 6.07 Å². The summed E-state index contributed by atoms with van der Waals surface area (Å²) in [6.45, 7) is 3.71. The van der Waals surface area contributed by atoms with Gasteiger partial charge in [-0.15, -0.1) is 0 Å². The van der Waals surface area contributed by atoms with Gasteiger partial charge in [-0.25, -0.2) is 18.7 Å². The molecule has 106 valence electrons. The molecule has 0 radical (unpaired) electrons. The van der Waals surface area contributed by atoms with Crippen LogP contribution in [0.2, 0.25) is 0 Å². The van der Waals surface area contributed by atoms with Gasteiger partial charge < -0.3 is 5.32 Å². The van der Waals surface area contributed by atoms with Crippen LogP contribution in [0.4, 0.5) is 8.78 Å². The average molecular weight is 342 g/mol. The standard InChI is InChI=1S/C14H14BrF2N3/c1-2-5-18-6-9-7-19-14(20-8-9)10-3-4-11(16)13(17)12(10)15/h3-4,7-8,18H,2,5-6H2,1H3. The van der Waals surface area contributed by atoms with Crippen LogP contribution >= 0.6 is 15.9 Å². The minimum Gasteiger partial charge on any atom is -0.313 e. The summed E-state index contributed by atoms with van der Waals surface area (Å²) < 4.78 is 26.6. The first-order valence-electron chi connectivity index (χ1n) is 6.29. The number of hydrogen-bond acceptors (Lipinski definition) is 3. The third kappa shape index (κ3) is 3.37. The molecule has 0 aliphatic heterocycles. The van der Waals surface area contributed by atoms with E-state index in [-0.39, 0.29) is 4.47 Å². The molecule has 1 N–H and O–H groups in total. The van der Waals surface area contributed by atoms with Crippen molar-refractivity contribution < 1.29 is 8.78 Å². The van der Waals surface area contributed by atoms with Crippen molar-refractivity contribution in [1.82, 2.24) is 15.3 Å². The molecule has 0 amide bonds. The molecule has 0 saturated heterocycles. The Morgan fingerprint density at radius 3 is 2.55 bits per heavy atom. The molecule has 0 atom stereocenters. The number of aromatic nitrogens is 2. The smallest absolute Gasteiger partial charge is 0.173 e. The molecule has 0 aliphatic rings. The SMILES string of the molecule is CCCNCc1cnc(-c2ccc(F)c(F)c2Br)nc1. The fraction of sp³-hybridized carbons (Fsp3) is 0.286. The summed E-state index contributed by atoms with van der Waals surface area (Å²) in [6.07, 6.45) is 4.41. The summed E-state index contributed by atoms with van der Waals surface area (Å²) >= 11 is 3.03. The molecule has 1 heterocycles. The van der Waals surface area contributed by atoms with Crippen LogP contribution in [-0.2, 0) is 6.54 Å². The van der Waals surface area contributed by atoms with E-state index in [4.69, 9.17) is 0 Å². The van der Waals surface area contributed by atoms with Gasteiger partial charge in [-0.1, -0.05) is 6.92 Å². The third-order valence-corrected chi connectivity index (χ3v) is 3.51. The molecule has 1 aromatic carbocycles. The predicted molar refractivity (Wildman–Crippen MR) is 77.1 cm³/mol. The van der Waals surface area contributed by atoms with E-state index in [9.17, 15) is 8.78 Å². The second-order valence-corrected chi connectivity index (χ2v) is 5.11. The topological polar surface area (TPSA) is 37.8 Å². The number of benzene rings is 1. The van der Waals surface area contributed by atoms with Gasteiger partial charge in [0.15, 0.2) is 17.5 Å². The predicted octanol–water partition coefficient (Wildman–Crippen LogP) is 3.68. The lowest BCUT2D eigenvalue weighted by molar-refractivity contribution is 0.504. The molecule has 0 bridgehead atoms. The van der Waals surface area contributed by atoms with E-state index in [0.29, 0.717) is 17.9 Å². The van der Waals surface area contributed by atoms with Crippen molar-refractivity contribution in [1.29, 1.82) is 0 Å². The van der Waals surface area contributed by atoms with Crippen LogP contribution in [0.1, 0.15) is 18.9 Å². The quantitative estimate of drug-likeness (QED) is 0.665.